The molecule has 0 aromatic carbocycles. The molecule has 9 heteroatoms. The second kappa shape index (κ2) is 5.47. The van der Waals surface area contributed by atoms with E-state index in [2.05, 4.69) is 4.90 Å². The topological polar surface area (TPSA) is 110 Å². The number of amides is 1. The number of nitrogens with two attached hydrogens (primary N) is 2. The minimum absolute atomic E-state index is 0.0257. The Bertz CT molecular complexity index is 668. The molecule has 1 atom stereocenters. The molecule has 0 radical (unpaired) electrons. The molecule has 1 aliphatic rings. The van der Waals surface area contributed by atoms with Gasteiger partial charge in [0, 0.05) is 31.9 Å². The molecular formula is C12H20N4O3S2. The van der Waals surface area contributed by atoms with Crippen LogP contribution in [0.5, 0.6) is 0 Å². The molecule has 1 unspecified atom stereocenters. The summed E-state index contributed by atoms with van der Waals surface area (Å²) >= 11 is 1.06. The number of hydrogen-bond donors (Lipinski definition) is 2. The summed E-state index contributed by atoms with van der Waals surface area (Å²) in [5, 5.41) is 0.518. The number of nitrogens with zero attached hydrogens (tertiary/aromatic N) is 2. The second-order valence-electron chi connectivity index (χ2n) is 5.42. The van der Waals surface area contributed by atoms with Crippen molar-refractivity contribution >= 4 is 37.8 Å². The lowest BCUT2D eigenvalue weighted by atomic mass is 10.2. The van der Waals surface area contributed by atoms with Gasteiger partial charge in [-0.05, 0) is 14.0 Å². The van der Waals surface area contributed by atoms with Gasteiger partial charge in [0.15, 0.2) is 9.84 Å². The molecule has 4 N–H and O–H groups in total. The van der Waals surface area contributed by atoms with Crippen molar-refractivity contribution < 1.29 is 13.2 Å². The normalized spacial score (nSPS) is 20.7. The number of rotatable bonds is 3. The molecule has 1 fully saturated rings. The van der Waals surface area contributed by atoms with Crippen LogP contribution in [0.15, 0.2) is 4.90 Å². The number of hydrogen-bond acceptors (Lipinski definition) is 7. The molecule has 1 aromatic heterocycles. The van der Waals surface area contributed by atoms with E-state index < -0.39 is 15.7 Å². The maximum Gasteiger partial charge on any atom is 0.261 e. The van der Waals surface area contributed by atoms with E-state index in [1.165, 1.54) is 0 Å². The summed E-state index contributed by atoms with van der Waals surface area (Å²) in [4.78, 5) is 15.8. The molecular weight excluding hydrogens is 312 g/mol. The van der Waals surface area contributed by atoms with Crippen LogP contribution in [0.4, 0.5) is 10.7 Å². The Morgan fingerprint density at radius 1 is 1.38 bits per heavy atom. The van der Waals surface area contributed by atoms with Crippen molar-refractivity contribution in [3.63, 3.8) is 0 Å². The smallest absolute Gasteiger partial charge is 0.261 e. The van der Waals surface area contributed by atoms with Crippen molar-refractivity contribution in [2.75, 3.05) is 43.6 Å². The van der Waals surface area contributed by atoms with Gasteiger partial charge in [-0.15, -0.1) is 11.3 Å². The van der Waals surface area contributed by atoms with Gasteiger partial charge in [0.1, 0.15) is 14.8 Å². The number of likely N-dealkylation sites (N-methyl/N-ethyl adjacent to an activating group) is 1. The molecule has 21 heavy (non-hydrogen) atoms. The highest BCUT2D eigenvalue weighted by atomic mass is 32.2. The quantitative estimate of drug-likeness (QED) is 0.804. The van der Waals surface area contributed by atoms with Crippen molar-refractivity contribution in [2.45, 2.75) is 17.9 Å². The van der Waals surface area contributed by atoms with Gasteiger partial charge in [-0.1, -0.05) is 0 Å². The lowest BCUT2D eigenvalue weighted by Gasteiger charge is -2.39. The van der Waals surface area contributed by atoms with Crippen LogP contribution in [-0.2, 0) is 9.84 Å². The fourth-order valence-electron chi connectivity index (χ4n) is 2.59. The third kappa shape index (κ3) is 2.99. The second-order valence-corrected chi connectivity index (χ2v) is 8.37. The Morgan fingerprint density at radius 3 is 2.48 bits per heavy atom. The highest BCUT2D eigenvalue weighted by Gasteiger charge is 2.32. The molecule has 118 valence electrons. The van der Waals surface area contributed by atoms with Crippen molar-refractivity contribution in [1.82, 2.24) is 4.90 Å². The number of carbonyl (C=O) groups is 1. The van der Waals surface area contributed by atoms with Crippen LogP contribution in [0.25, 0.3) is 0 Å². The molecule has 0 aliphatic carbocycles. The monoisotopic (exact) mass is 332 g/mol. The number of nitrogen functional groups attached to an aromatic ring is 1. The Balaban J connectivity index is 2.58. The maximum atomic E-state index is 12.1. The van der Waals surface area contributed by atoms with E-state index in [4.69, 9.17) is 11.5 Å². The third-order valence-corrected chi connectivity index (χ3v) is 6.11. The summed E-state index contributed by atoms with van der Waals surface area (Å²) in [5.74, 6) is -0.699. The lowest BCUT2D eigenvalue weighted by molar-refractivity contribution is 0.100. The third-order valence-electron chi connectivity index (χ3n) is 3.57. The standard InChI is InChI=1S/C12H20N4O3S2/c1-7-6-15(2)4-5-16(7)12-10(21(3,18)19)8(13)9(20-12)11(14)17/h7H,4-6,13H2,1-3H3,(H2,14,17). The van der Waals surface area contributed by atoms with Gasteiger partial charge >= 0.3 is 0 Å². The van der Waals surface area contributed by atoms with Crippen LogP contribution in [-0.4, -0.2) is 58.2 Å². The first-order valence-electron chi connectivity index (χ1n) is 6.50. The van der Waals surface area contributed by atoms with E-state index in [1.807, 2.05) is 18.9 Å². The van der Waals surface area contributed by atoms with Gasteiger partial charge in [0.25, 0.3) is 5.91 Å². The average molecular weight is 332 g/mol. The Labute approximate surface area is 128 Å². The van der Waals surface area contributed by atoms with Gasteiger partial charge in [-0.2, -0.15) is 0 Å². The molecule has 7 nitrogen and oxygen atoms in total. The van der Waals surface area contributed by atoms with Gasteiger partial charge in [-0.3, -0.25) is 4.79 Å². The fraction of sp³-hybridized carbons (Fsp3) is 0.583. The number of thiophene rings is 1. The Morgan fingerprint density at radius 2 is 2.00 bits per heavy atom. The van der Waals surface area contributed by atoms with Crippen LogP contribution < -0.4 is 16.4 Å². The largest absolute Gasteiger partial charge is 0.396 e. The summed E-state index contributed by atoms with van der Waals surface area (Å²) in [6.07, 6.45) is 1.10. The SMILES string of the molecule is CC1CN(C)CCN1c1sc(C(N)=O)c(N)c1S(C)(=O)=O. The van der Waals surface area contributed by atoms with Crippen LogP contribution in [0.2, 0.25) is 0 Å². The first-order chi connectivity index (χ1) is 9.62. The minimum atomic E-state index is -3.54. The van der Waals surface area contributed by atoms with Gasteiger partial charge in [0.2, 0.25) is 0 Å². The van der Waals surface area contributed by atoms with Crippen molar-refractivity contribution in [3.8, 4) is 0 Å². The number of primary amides is 1. The summed E-state index contributed by atoms with van der Waals surface area (Å²) < 4.78 is 24.1. The van der Waals surface area contributed by atoms with E-state index in [0.717, 1.165) is 30.7 Å². The predicted octanol–water partition coefficient (Wildman–Crippen LogP) is -0.0270. The summed E-state index contributed by atoms with van der Waals surface area (Å²) in [7, 11) is -1.52. The van der Waals surface area contributed by atoms with E-state index >= 15 is 0 Å². The van der Waals surface area contributed by atoms with E-state index in [0.29, 0.717) is 11.5 Å². The van der Waals surface area contributed by atoms with Crippen LogP contribution in [0, 0.1) is 0 Å². The summed E-state index contributed by atoms with van der Waals surface area (Å²) in [5.41, 5.74) is 11.1. The molecule has 1 aromatic rings. The van der Waals surface area contributed by atoms with Gasteiger partial charge in [0.05, 0.1) is 5.69 Å². The van der Waals surface area contributed by atoms with Crippen molar-refractivity contribution in [3.05, 3.63) is 4.88 Å². The minimum Gasteiger partial charge on any atom is -0.396 e. The van der Waals surface area contributed by atoms with E-state index in [1.54, 1.807) is 0 Å². The van der Waals surface area contributed by atoms with Crippen molar-refractivity contribution in [2.24, 2.45) is 5.73 Å². The molecule has 1 aliphatic heterocycles. The zero-order chi connectivity index (χ0) is 15.9. The fourth-order valence-corrected chi connectivity index (χ4v) is 5.27. The Kier molecular flexibility index (Phi) is 4.18. The number of piperazine rings is 1. The molecule has 1 amide bonds. The summed E-state index contributed by atoms with van der Waals surface area (Å²) in [6.45, 7) is 4.32. The molecule has 2 heterocycles. The van der Waals surface area contributed by atoms with Crippen LogP contribution >= 0.6 is 11.3 Å². The zero-order valence-corrected chi connectivity index (χ0v) is 13.9. The first kappa shape index (κ1) is 16.1. The summed E-state index contributed by atoms with van der Waals surface area (Å²) in [6, 6.07) is 0.128. The molecule has 0 spiro atoms. The molecule has 0 saturated carbocycles. The maximum absolute atomic E-state index is 12.1. The van der Waals surface area contributed by atoms with E-state index in [-0.39, 0.29) is 21.5 Å². The van der Waals surface area contributed by atoms with Crippen LogP contribution in [0.1, 0.15) is 16.6 Å². The Hall–Kier alpha value is -1.32. The molecule has 1 saturated heterocycles. The lowest BCUT2D eigenvalue weighted by Crippen LogP contribution is -2.50. The molecule has 0 bridgehead atoms. The average Bonchev–Trinajstić information content (AvgIpc) is 2.66. The van der Waals surface area contributed by atoms with Crippen LogP contribution in [0.3, 0.4) is 0 Å². The number of anilines is 2. The van der Waals surface area contributed by atoms with E-state index in [9.17, 15) is 13.2 Å². The van der Waals surface area contributed by atoms with Crippen molar-refractivity contribution in [1.29, 1.82) is 0 Å². The predicted molar refractivity (Wildman–Crippen MR) is 84.7 cm³/mol. The molecule has 2 rings (SSSR count). The number of carbonyl (C=O) groups excluding carboxylic acids is 1. The highest BCUT2D eigenvalue weighted by molar-refractivity contribution is 7.91. The highest BCUT2D eigenvalue weighted by Crippen LogP contribution is 2.42. The van der Waals surface area contributed by atoms with Gasteiger partial charge in [-0.25, -0.2) is 8.42 Å². The zero-order valence-electron chi connectivity index (χ0n) is 12.3. The van der Waals surface area contributed by atoms with Gasteiger partial charge < -0.3 is 21.3 Å². The number of sulfone groups is 1. The first-order valence-corrected chi connectivity index (χ1v) is 9.21.